The number of methoxy groups -OCH3 is 2. The summed E-state index contributed by atoms with van der Waals surface area (Å²) in [6, 6.07) is 18.1. The number of pyridine rings is 2. The number of halogens is 7. The lowest BCUT2D eigenvalue weighted by Crippen LogP contribution is -2.49. The molecule has 6 heterocycles. The van der Waals surface area contributed by atoms with Crippen LogP contribution in [-0.2, 0) is 22.7 Å². The highest BCUT2D eigenvalue weighted by Crippen LogP contribution is 2.34. The predicted octanol–water partition coefficient (Wildman–Crippen LogP) is 8.08. The van der Waals surface area contributed by atoms with Crippen molar-refractivity contribution in [2.24, 2.45) is 0 Å². The summed E-state index contributed by atoms with van der Waals surface area (Å²) in [4.78, 5) is 41.4. The van der Waals surface area contributed by atoms with E-state index < -0.39 is 7.12 Å². The van der Waals surface area contributed by atoms with Crippen molar-refractivity contribution in [1.29, 1.82) is 0 Å². The highest BCUT2D eigenvalue weighted by atomic mass is 127. The Morgan fingerprint density at radius 1 is 0.652 bits per heavy atom. The van der Waals surface area contributed by atoms with E-state index in [9.17, 15) is 9.59 Å². The van der Waals surface area contributed by atoms with Crippen molar-refractivity contribution in [2.75, 3.05) is 76.4 Å². The van der Waals surface area contributed by atoms with E-state index in [-0.39, 0.29) is 42.9 Å². The van der Waals surface area contributed by atoms with Crippen molar-refractivity contribution in [2.45, 2.75) is 34.4 Å². The predicted molar refractivity (Wildman–Crippen MR) is 284 cm³/mol. The van der Waals surface area contributed by atoms with Crippen molar-refractivity contribution in [3.8, 4) is 22.8 Å². The normalized spacial score (nSPS) is 13.4. The fourth-order valence-electron chi connectivity index (χ4n) is 7.22. The zero-order chi connectivity index (χ0) is 49.2. The topological polar surface area (TPSA) is 167 Å². The van der Waals surface area contributed by atoms with Gasteiger partial charge < -0.3 is 39.1 Å². The van der Waals surface area contributed by atoms with Gasteiger partial charge >= 0.3 is 7.12 Å². The van der Waals surface area contributed by atoms with Gasteiger partial charge in [-0.15, -0.1) is 0 Å². The van der Waals surface area contributed by atoms with Crippen molar-refractivity contribution in [3.05, 3.63) is 119 Å². The van der Waals surface area contributed by atoms with Crippen LogP contribution in [0.1, 0.15) is 18.8 Å². The molecule has 2 fully saturated rings. The first-order chi connectivity index (χ1) is 32.5. The second kappa shape index (κ2) is 25.7. The molecular weight excluding hydrogens is 1130 g/mol. The van der Waals surface area contributed by atoms with Gasteiger partial charge in [0.05, 0.1) is 45.7 Å². The van der Waals surface area contributed by atoms with Crippen LogP contribution in [0.25, 0.3) is 11.3 Å². The number of amides is 2. The van der Waals surface area contributed by atoms with Gasteiger partial charge in [0.15, 0.2) is 0 Å². The molecule has 2 amide bonds. The number of carbonyl (C=O) groups excluding carboxylic acids is 2. The third kappa shape index (κ3) is 14.0. The Morgan fingerprint density at radius 2 is 1.10 bits per heavy atom. The van der Waals surface area contributed by atoms with E-state index in [4.69, 9.17) is 89.1 Å². The van der Waals surface area contributed by atoms with Crippen LogP contribution in [0.4, 0.5) is 11.4 Å². The number of aromatic nitrogens is 6. The summed E-state index contributed by atoms with van der Waals surface area (Å²) in [6.07, 6.45) is 3.08. The minimum absolute atomic E-state index is 0. The number of nitrogens with zero attached hydrogens (tertiary/aromatic N) is 10. The highest BCUT2D eigenvalue weighted by Gasteiger charge is 2.26. The average molecular weight is 1180 g/mol. The Labute approximate surface area is 445 Å². The van der Waals surface area contributed by atoms with Crippen LogP contribution in [-0.4, -0.2) is 135 Å². The van der Waals surface area contributed by atoms with Gasteiger partial charge in [-0.2, -0.15) is 10.2 Å². The zero-order valence-corrected chi connectivity index (χ0v) is 43.9. The summed E-state index contributed by atoms with van der Waals surface area (Å²) in [6.45, 7) is 9.51. The number of carbonyl (C=O) groups is 2. The summed E-state index contributed by atoms with van der Waals surface area (Å²) in [7, 11) is 1.66. The quantitative estimate of drug-likeness (QED) is 0.0771. The Balaban J connectivity index is 0.000000215. The molecular formula is C45H50BCl6IN10O6. The van der Waals surface area contributed by atoms with Crippen LogP contribution in [0, 0.1) is 17.5 Å². The van der Waals surface area contributed by atoms with Gasteiger partial charge in [0, 0.05) is 99.3 Å². The lowest BCUT2D eigenvalue weighted by Gasteiger charge is -2.36. The summed E-state index contributed by atoms with van der Waals surface area (Å²) >= 11 is 38.6. The third-order valence-corrected chi connectivity index (χ3v) is 14.4. The number of anilines is 2. The molecule has 2 N–H and O–H groups in total. The number of rotatable bonds is 10. The van der Waals surface area contributed by atoms with Crippen LogP contribution >= 0.6 is 92.2 Å². The highest BCUT2D eigenvalue weighted by molar-refractivity contribution is 14.1. The minimum atomic E-state index is -1.54. The van der Waals surface area contributed by atoms with Gasteiger partial charge in [0.25, 0.3) is 0 Å². The van der Waals surface area contributed by atoms with Crippen LogP contribution in [0.3, 0.4) is 0 Å². The number of ether oxygens (including phenoxy) is 2. The summed E-state index contributed by atoms with van der Waals surface area (Å²) in [5, 5.41) is 28.8. The summed E-state index contributed by atoms with van der Waals surface area (Å²) < 4.78 is 14.6. The standard InChI is InChI=1S/C22H22Cl3N5O2.C17H19Cl2IN4O2.C5H5BClNO2.CH4/c1-14-20(24)21(16-4-3-7-26-22(16)25)27-30(14)13-19(31)29-10-8-28(9-11-29)15-5-6-17(23)18(12-15)32-2;1-11-16(19)17(20)21-24(11)10-15(25)23-7-5-22(6-8-23)12-3-4-13(18)14(9-12)26-2;7-5-4(6(9)10)2-1-3-8-5;/h3-7,12H,8-11,13H2,1-2H3;3-4,9H,5-8,10H2,1-2H3;1-3,9-10H;1H4. The SMILES string of the molecule is C.COc1cc(N2CCN(C(=O)Cn3nc(-c4cccnc4Cl)c(Cl)c3C)CC2)ccc1Cl.COc1cc(N2CCN(C(=O)Cn3nc(I)c(Cl)c3C)CC2)ccc1Cl.OB(O)c1cccnc1Cl. The van der Waals surface area contributed by atoms with E-state index in [1.165, 1.54) is 12.3 Å². The third-order valence-electron chi connectivity index (χ3n) is 11.1. The van der Waals surface area contributed by atoms with E-state index >= 15 is 0 Å². The average Bonchev–Trinajstić information content (AvgIpc) is 3.75. The number of piperazine rings is 2. The smallest absolute Gasteiger partial charge is 0.491 e. The van der Waals surface area contributed by atoms with E-state index in [0.29, 0.717) is 93.0 Å². The van der Waals surface area contributed by atoms with Crippen molar-refractivity contribution in [1.82, 2.24) is 39.3 Å². The first-order valence-electron chi connectivity index (χ1n) is 20.9. The molecule has 2 saturated heterocycles. The Hall–Kier alpha value is -4.25. The largest absolute Gasteiger partial charge is 0.495 e. The number of hydrogen-bond donors (Lipinski definition) is 2. The van der Waals surface area contributed by atoms with E-state index in [0.717, 1.165) is 33.9 Å². The van der Waals surface area contributed by atoms with Gasteiger partial charge in [-0.1, -0.05) is 83.1 Å². The molecule has 0 atom stereocenters. The second-order valence-electron chi connectivity index (χ2n) is 15.2. The molecule has 0 saturated carbocycles. The molecule has 0 radical (unpaired) electrons. The molecule has 2 aliphatic heterocycles. The van der Waals surface area contributed by atoms with Gasteiger partial charge in [0.1, 0.15) is 44.3 Å². The van der Waals surface area contributed by atoms with Gasteiger partial charge in [-0.25, -0.2) is 9.97 Å². The number of hydrogen-bond acceptors (Lipinski definition) is 12. The Bertz CT molecular complexity index is 2720. The monoisotopic (exact) mass is 1170 g/mol. The molecule has 4 aromatic heterocycles. The van der Waals surface area contributed by atoms with Gasteiger partial charge in [-0.05, 0) is 78.9 Å². The maximum Gasteiger partial charge on any atom is 0.491 e. The van der Waals surface area contributed by atoms with E-state index in [1.807, 2.05) is 60.0 Å². The molecule has 16 nitrogen and oxygen atoms in total. The molecule has 0 bridgehead atoms. The molecule has 368 valence electrons. The molecule has 0 aliphatic carbocycles. The fourth-order valence-corrected chi connectivity index (χ4v) is 9.06. The summed E-state index contributed by atoms with van der Waals surface area (Å²) in [5.74, 6) is 1.34. The molecule has 8 rings (SSSR count). The Kier molecular flexibility index (Phi) is 20.8. The lowest BCUT2D eigenvalue weighted by atomic mass is 9.82. The molecule has 6 aromatic rings. The maximum atomic E-state index is 13.0. The van der Waals surface area contributed by atoms with Crippen molar-refractivity contribution < 1.29 is 29.1 Å². The van der Waals surface area contributed by atoms with Crippen LogP contribution in [0.15, 0.2) is 73.1 Å². The van der Waals surface area contributed by atoms with Gasteiger partial charge in [0.2, 0.25) is 11.8 Å². The lowest BCUT2D eigenvalue weighted by molar-refractivity contribution is -0.133. The first kappa shape index (κ1) is 55.7. The molecule has 2 aliphatic rings. The van der Waals surface area contributed by atoms with Crippen LogP contribution < -0.4 is 24.7 Å². The summed E-state index contributed by atoms with van der Waals surface area (Å²) in [5.41, 5.74) is 4.98. The molecule has 69 heavy (non-hydrogen) atoms. The molecule has 2 aromatic carbocycles. The van der Waals surface area contributed by atoms with Crippen LogP contribution in [0.5, 0.6) is 11.5 Å². The molecule has 24 heteroatoms. The van der Waals surface area contributed by atoms with Crippen molar-refractivity contribution >= 4 is 128 Å². The van der Waals surface area contributed by atoms with E-state index in [1.54, 1.807) is 48.0 Å². The maximum absolute atomic E-state index is 13.0. The zero-order valence-electron chi connectivity index (χ0n) is 37.2. The number of benzene rings is 2. The van der Waals surface area contributed by atoms with Crippen molar-refractivity contribution in [3.63, 3.8) is 0 Å². The molecule has 0 spiro atoms. The van der Waals surface area contributed by atoms with Crippen LogP contribution in [0.2, 0.25) is 30.4 Å². The van der Waals surface area contributed by atoms with Gasteiger partial charge in [-0.3, -0.25) is 19.0 Å². The second-order valence-corrected chi connectivity index (χ2v) is 18.5. The molecule has 0 unspecified atom stereocenters. The van der Waals surface area contributed by atoms with E-state index in [2.05, 4.69) is 52.6 Å². The minimum Gasteiger partial charge on any atom is -0.495 e. The Morgan fingerprint density at radius 3 is 1.51 bits per heavy atom. The fraction of sp³-hybridized carbons (Fsp3) is 0.333. The first-order valence-corrected chi connectivity index (χ1v) is 24.3.